The van der Waals surface area contributed by atoms with Crippen molar-refractivity contribution in [3.05, 3.63) is 11.9 Å². The zero-order chi connectivity index (χ0) is 15.7. The molecule has 1 aromatic heterocycles. The van der Waals surface area contributed by atoms with E-state index < -0.39 is 14.6 Å². The molecule has 0 atom stereocenters. The van der Waals surface area contributed by atoms with Crippen LogP contribution in [0.15, 0.2) is 6.20 Å². The van der Waals surface area contributed by atoms with Crippen LogP contribution in [-0.4, -0.2) is 35.0 Å². The molecule has 5 nitrogen and oxygen atoms in total. The highest BCUT2D eigenvalue weighted by molar-refractivity contribution is 7.92. The van der Waals surface area contributed by atoms with Crippen molar-refractivity contribution < 1.29 is 8.42 Å². The molecule has 1 N–H and O–H groups in total. The Morgan fingerprint density at radius 3 is 2.52 bits per heavy atom. The van der Waals surface area contributed by atoms with Crippen molar-refractivity contribution in [2.75, 3.05) is 11.6 Å². The monoisotopic (exact) mass is 313 g/mol. The number of aromatic nitrogens is 2. The number of anilines is 1. The van der Waals surface area contributed by atoms with Gasteiger partial charge < -0.3 is 9.88 Å². The van der Waals surface area contributed by atoms with Crippen LogP contribution in [0.2, 0.25) is 0 Å². The highest BCUT2D eigenvalue weighted by atomic mass is 32.2. The standard InChI is InChI=1S/C15H27N3O2S/c1-12-10-18(11-15(2,3)21(4,19)20)14(16-12)17-13-8-6-5-7-9-13/h10,13H,5-9,11H2,1-4H3,(H,16,17). The van der Waals surface area contributed by atoms with E-state index in [0.717, 1.165) is 11.6 Å². The van der Waals surface area contributed by atoms with Crippen LogP contribution in [0.4, 0.5) is 5.95 Å². The van der Waals surface area contributed by atoms with Gasteiger partial charge in [-0.25, -0.2) is 13.4 Å². The third kappa shape index (κ3) is 3.99. The van der Waals surface area contributed by atoms with Gasteiger partial charge in [-0.2, -0.15) is 0 Å². The molecule has 0 aliphatic heterocycles. The summed E-state index contributed by atoms with van der Waals surface area (Å²) in [7, 11) is -3.12. The first-order valence-electron chi connectivity index (χ1n) is 7.69. The molecule has 1 heterocycles. The van der Waals surface area contributed by atoms with Crippen molar-refractivity contribution in [1.82, 2.24) is 9.55 Å². The molecule has 2 rings (SSSR count). The molecule has 0 bridgehead atoms. The van der Waals surface area contributed by atoms with Crippen molar-refractivity contribution in [2.45, 2.75) is 70.2 Å². The maximum atomic E-state index is 11.9. The van der Waals surface area contributed by atoms with E-state index in [1.807, 2.05) is 17.7 Å². The Morgan fingerprint density at radius 2 is 1.95 bits per heavy atom. The SMILES string of the molecule is Cc1cn(CC(C)(C)S(C)(=O)=O)c(NC2CCCCC2)n1. The quantitative estimate of drug-likeness (QED) is 0.908. The number of hydrogen-bond acceptors (Lipinski definition) is 4. The maximum absolute atomic E-state index is 11.9. The summed E-state index contributed by atoms with van der Waals surface area (Å²) in [4.78, 5) is 4.53. The molecule has 21 heavy (non-hydrogen) atoms. The molecule has 120 valence electrons. The summed E-state index contributed by atoms with van der Waals surface area (Å²) in [5.41, 5.74) is 0.914. The van der Waals surface area contributed by atoms with Crippen molar-refractivity contribution >= 4 is 15.8 Å². The normalized spacial score (nSPS) is 17.9. The highest BCUT2D eigenvalue weighted by Gasteiger charge is 2.31. The van der Waals surface area contributed by atoms with Crippen LogP contribution in [0.1, 0.15) is 51.6 Å². The second-order valence-electron chi connectivity index (χ2n) is 6.84. The molecular weight excluding hydrogens is 286 g/mol. The Labute approximate surface area is 128 Å². The van der Waals surface area contributed by atoms with Crippen molar-refractivity contribution in [1.29, 1.82) is 0 Å². The minimum absolute atomic E-state index is 0.418. The topological polar surface area (TPSA) is 64.0 Å². The smallest absolute Gasteiger partial charge is 0.203 e. The zero-order valence-corrected chi connectivity index (χ0v) is 14.3. The summed E-state index contributed by atoms with van der Waals surface area (Å²) < 4.78 is 25.0. The van der Waals surface area contributed by atoms with Gasteiger partial charge in [0.1, 0.15) is 0 Å². The lowest BCUT2D eigenvalue weighted by Crippen LogP contribution is -2.36. The lowest BCUT2D eigenvalue weighted by Gasteiger charge is -2.27. The third-order valence-corrected chi connectivity index (χ3v) is 6.53. The van der Waals surface area contributed by atoms with Gasteiger partial charge in [0, 0.05) is 25.0 Å². The van der Waals surface area contributed by atoms with Crippen LogP contribution >= 0.6 is 0 Å². The van der Waals surface area contributed by atoms with Gasteiger partial charge in [-0.3, -0.25) is 0 Å². The van der Waals surface area contributed by atoms with Gasteiger partial charge >= 0.3 is 0 Å². The van der Waals surface area contributed by atoms with E-state index in [9.17, 15) is 8.42 Å². The predicted octanol–water partition coefficient (Wildman–Crippen LogP) is 2.76. The summed E-state index contributed by atoms with van der Waals surface area (Å²) >= 11 is 0. The Balaban J connectivity index is 2.16. The number of sulfone groups is 1. The van der Waals surface area contributed by atoms with E-state index in [2.05, 4.69) is 10.3 Å². The minimum atomic E-state index is -3.12. The molecule has 0 spiro atoms. The lowest BCUT2D eigenvalue weighted by molar-refractivity contribution is 0.455. The predicted molar refractivity (Wildman–Crippen MR) is 86.4 cm³/mol. The molecule has 1 aromatic rings. The maximum Gasteiger partial charge on any atom is 0.203 e. The Hall–Kier alpha value is -1.04. The number of aryl methyl sites for hydroxylation is 1. The highest BCUT2D eigenvalue weighted by Crippen LogP contribution is 2.24. The summed E-state index contributed by atoms with van der Waals surface area (Å²) in [6.07, 6.45) is 9.39. The molecule has 0 aromatic carbocycles. The number of imidazole rings is 1. The summed E-state index contributed by atoms with van der Waals surface area (Å²) in [6.45, 7) is 5.89. The van der Waals surface area contributed by atoms with E-state index in [1.165, 1.54) is 38.4 Å². The van der Waals surface area contributed by atoms with Gasteiger partial charge in [0.25, 0.3) is 0 Å². The molecule has 6 heteroatoms. The van der Waals surface area contributed by atoms with Gasteiger partial charge in [0.2, 0.25) is 5.95 Å². The van der Waals surface area contributed by atoms with Crippen LogP contribution in [0.25, 0.3) is 0 Å². The van der Waals surface area contributed by atoms with E-state index in [-0.39, 0.29) is 0 Å². The number of nitrogens with one attached hydrogen (secondary N) is 1. The number of hydrogen-bond donors (Lipinski definition) is 1. The summed E-state index contributed by atoms with van der Waals surface area (Å²) in [5.74, 6) is 0.802. The molecule has 0 saturated heterocycles. The fourth-order valence-corrected chi connectivity index (χ4v) is 3.11. The second kappa shape index (κ2) is 5.99. The van der Waals surface area contributed by atoms with E-state index in [0.29, 0.717) is 12.6 Å². The van der Waals surface area contributed by atoms with Crippen LogP contribution in [0.3, 0.4) is 0 Å². The minimum Gasteiger partial charge on any atom is -0.353 e. The van der Waals surface area contributed by atoms with E-state index in [4.69, 9.17) is 0 Å². The summed E-state index contributed by atoms with van der Waals surface area (Å²) in [5, 5.41) is 3.50. The average molecular weight is 313 g/mol. The van der Waals surface area contributed by atoms with Crippen molar-refractivity contribution in [2.24, 2.45) is 0 Å². The van der Waals surface area contributed by atoms with E-state index >= 15 is 0 Å². The molecule has 0 unspecified atom stereocenters. The van der Waals surface area contributed by atoms with Gasteiger partial charge in [-0.1, -0.05) is 19.3 Å². The van der Waals surface area contributed by atoms with Crippen LogP contribution in [-0.2, 0) is 16.4 Å². The average Bonchev–Trinajstić information content (AvgIpc) is 2.68. The molecule has 0 amide bonds. The fraction of sp³-hybridized carbons (Fsp3) is 0.800. The first-order chi connectivity index (χ1) is 9.69. The third-order valence-electron chi connectivity index (χ3n) is 4.39. The second-order valence-corrected chi connectivity index (χ2v) is 9.49. The molecule has 1 aliphatic rings. The van der Waals surface area contributed by atoms with Gasteiger partial charge in [-0.15, -0.1) is 0 Å². The van der Waals surface area contributed by atoms with E-state index in [1.54, 1.807) is 13.8 Å². The Morgan fingerprint density at radius 1 is 1.33 bits per heavy atom. The number of nitrogens with zero attached hydrogens (tertiary/aromatic N) is 2. The van der Waals surface area contributed by atoms with Crippen molar-refractivity contribution in [3.63, 3.8) is 0 Å². The van der Waals surface area contributed by atoms with Crippen LogP contribution in [0, 0.1) is 6.92 Å². The molecule has 1 aliphatic carbocycles. The Bertz CT molecular complexity index is 584. The van der Waals surface area contributed by atoms with Crippen molar-refractivity contribution in [3.8, 4) is 0 Å². The molecule has 0 radical (unpaired) electrons. The first kappa shape index (κ1) is 16.3. The first-order valence-corrected chi connectivity index (χ1v) is 9.58. The molecule has 1 saturated carbocycles. The molecular formula is C15H27N3O2S. The Kier molecular flexibility index (Phi) is 4.66. The van der Waals surface area contributed by atoms with Crippen LogP contribution < -0.4 is 5.32 Å². The number of rotatable bonds is 5. The fourth-order valence-electron chi connectivity index (χ4n) is 2.74. The molecule has 1 fully saturated rings. The zero-order valence-electron chi connectivity index (χ0n) is 13.5. The largest absolute Gasteiger partial charge is 0.353 e. The van der Waals surface area contributed by atoms with Gasteiger partial charge in [0.15, 0.2) is 9.84 Å². The summed E-state index contributed by atoms with van der Waals surface area (Å²) in [6, 6.07) is 0.459. The van der Waals surface area contributed by atoms with Gasteiger partial charge in [-0.05, 0) is 33.6 Å². The van der Waals surface area contributed by atoms with Gasteiger partial charge in [0.05, 0.1) is 10.4 Å². The van der Waals surface area contributed by atoms with Crippen LogP contribution in [0.5, 0.6) is 0 Å². The lowest BCUT2D eigenvalue weighted by atomic mass is 9.96.